The van der Waals surface area contributed by atoms with Gasteiger partial charge < -0.3 is 20.4 Å². The molecule has 0 aliphatic carbocycles. The van der Waals surface area contributed by atoms with Crippen molar-refractivity contribution in [3.63, 3.8) is 0 Å². The topological polar surface area (TPSA) is 88.6 Å². The van der Waals surface area contributed by atoms with E-state index in [0.717, 1.165) is 0 Å². The summed E-state index contributed by atoms with van der Waals surface area (Å²) in [7, 11) is 3.31. The smallest absolute Gasteiger partial charge is 0.291 e. The molecular weight excluding hydrogens is 270 g/mol. The SMILES string of the molecule is CN(C)C(=O)c1ccccc1NC(=O)c1ccc(CN)o1. The van der Waals surface area contributed by atoms with Gasteiger partial charge in [-0.3, -0.25) is 9.59 Å². The third-order valence-electron chi connectivity index (χ3n) is 2.90. The Bertz CT molecular complexity index is 662. The van der Waals surface area contributed by atoms with Crippen molar-refractivity contribution in [1.82, 2.24) is 4.90 Å². The highest BCUT2D eigenvalue weighted by Crippen LogP contribution is 2.18. The van der Waals surface area contributed by atoms with Gasteiger partial charge in [-0.05, 0) is 24.3 Å². The summed E-state index contributed by atoms with van der Waals surface area (Å²) in [6.45, 7) is 0.225. The van der Waals surface area contributed by atoms with Crippen molar-refractivity contribution < 1.29 is 14.0 Å². The second-order valence-electron chi connectivity index (χ2n) is 4.67. The third kappa shape index (κ3) is 3.29. The first kappa shape index (κ1) is 14.8. The maximum absolute atomic E-state index is 12.1. The molecule has 0 bridgehead atoms. The highest BCUT2D eigenvalue weighted by Gasteiger charge is 2.17. The van der Waals surface area contributed by atoms with E-state index in [1.165, 1.54) is 4.90 Å². The van der Waals surface area contributed by atoms with E-state index in [4.69, 9.17) is 10.2 Å². The summed E-state index contributed by atoms with van der Waals surface area (Å²) in [6.07, 6.45) is 0. The lowest BCUT2D eigenvalue weighted by Crippen LogP contribution is -2.24. The van der Waals surface area contributed by atoms with Crippen LogP contribution in [0.3, 0.4) is 0 Å². The molecule has 0 saturated heterocycles. The molecule has 0 aliphatic heterocycles. The number of para-hydroxylation sites is 1. The third-order valence-corrected chi connectivity index (χ3v) is 2.90. The quantitative estimate of drug-likeness (QED) is 0.895. The second-order valence-corrected chi connectivity index (χ2v) is 4.67. The average Bonchev–Trinajstić information content (AvgIpc) is 2.96. The van der Waals surface area contributed by atoms with Gasteiger partial charge in [0, 0.05) is 14.1 Å². The Labute approximate surface area is 122 Å². The molecule has 110 valence electrons. The monoisotopic (exact) mass is 287 g/mol. The van der Waals surface area contributed by atoms with Gasteiger partial charge in [-0.15, -0.1) is 0 Å². The van der Waals surface area contributed by atoms with E-state index in [1.54, 1.807) is 50.5 Å². The average molecular weight is 287 g/mol. The molecule has 6 heteroatoms. The summed E-state index contributed by atoms with van der Waals surface area (Å²) in [5.41, 5.74) is 6.29. The zero-order valence-electron chi connectivity index (χ0n) is 11.9. The lowest BCUT2D eigenvalue weighted by molar-refractivity contribution is 0.0828. The number of nitrogens with one attached hydrogen (secondary N) is 1. The number of furan rings is 1. The molecule has 0 aliphatic rings. The highest BCUT2D eigenvalue weighted by atomic mass is 16.4. The number of nitrogens with zero attached hydrogens (tertiary/aromatic N) is 1. The van der Waals surface area contributed by atoms with Crippen molar-refractivity contribution in [2.24, 2.45) is 5.73 Å². The molecule has 0 saturated carbocycles. The van der Waals surface area contributed by atoms with Crippen LogP contribution >= 0.6 is 0 Å². The molecule has 6 nitrogen and oxygen atoms in total. The maximum atomic E-state index is 12.1. The molecule has 0 atom stereocenters. The van der Waals surface area contributed by atoms with Crippen molar-refractivity contribution in [1.29, 1.82) is 0 Å². The van der Waals surface area contributed by atoms with Crippen LogP contribution in [-0.2, 0) is 6.54 Å². The second kappa shape index (κ2) is 6.23. The molecule has 1 heterocycles. The highest BCUT2D eigenvalue weighted by molar-refractivity contribution is 6.07. The lowest BCUT2D eigenvalue weighted by atomic mass is 10.1. The van der Waals surface area contributed by atoms with E-state index in [2.05, 4.69) is 5.32 Å². The Balaban J connectivity index is 2.23. The zero-order chi connectivity index (χ0) is 15.4. The van der Waals surface area contributed by atoms with Crippen LogP contribution in [0.15, 0.2) is 40.8 Å². The van der Waals surface area contributed by atoms with E-state index >= 15 is 0 Å². The van der Waals surface area contributed by atoms with Gasteiger partial charge in [0.1, 0.15) is 5.76 Å². The lowest BCUT2D eigenvalue weighted by Gasteiger charge is -2.14. The summed E-state index contributed by atoms with van der Waals surface area (Å²) in [4.78, 5) is 25.6. The van der Waals surface area contributed by atoms with Crippen LogP contribution in [0.4, 0.5) is 5.69 Å². The van der Waals surface area contributed by atoms with Crippen LogP contribution in [0.1, 0.15) is 26.7 Å². The van der Waals surface area contributed by atoms with E-state index in [0.29, 0.717) is 17.0 Å². The van der Waals surface area contributed by atoms with Crippen molar-refractivity contribution in [3.05, 3.63) is 53.5 Å². The minimum Gasteiger partial charge on any atom is -0.455 e. The van der Waals surface area contributed by atoms with Gasteiger partial charge in [0.2, 0.25) is 0 Å². The molecule has 2 amide bonds. The van der Waals surface area contributed by atoms with Crippen molar-refractivity contribution in [3.8, 4) is 0 Å². The number of amides is 2. The van der Waals surface area contributed by atoms with Crippen molar-refractivity contribution >= 4 is 17.5 Å². The molecule has 1 aromatic carbocycles. The van der Waals surface area contributed by atoms with Gasteiger partial charge in [-0.2, -0.15) is 0 Å². The summed E-state index contributed by atoms with van der Waals surface area (Å²) in [5.74, 6) is 0.0713. The fourth-order valence-corrected chi connectivity index (χ4v) is 1.81. The van der Waals surface area contributed by atoms with Gasteiger partial charge in [0.15, 0.2) is 5.76 Å². The molecule has 3 N–H and O–H groups in total. The summed E-state index contributed by atoms with van der Waals surface area (Å²) in [6, 6.07) is 10.0. The predicted octanol–water partition coefficient (Wildman–Crippen LogP) is 1.69. The molecule has 21 heavy (non-hydrogen) atoms. The normalized spacial score (nSPS) is 10.2. The molecule has 0 unspecified atom stereocenters. The van der Waals surface area contributed by atoms with Crippen LogP contribution in [-0.4, -0.2) is 30.8 Å². The van der Waals surface area contributed by atoms with Gasteiger partial charge >= 0.3 is 0 Å². The fourth-order valence-electron chi connectivity index (χ4n) is 1.81. The summed E-state index contributed by atoms with van der Waals surface area (Å²) >= 11 is 0. The Morgan fingerprint density at radius 2 is 1.90 bits per heavy atom. The zero-order valence-corrected chi connectivity index (χ0v) is 11.9. The minimum absolute atomic E-state index is 0.155. The minimum atomic E-state index is -0.422. The van der Waals surface area contributed by atoms with E-state index in [1.807, 2.05) is 0 Å². The standard InChI is InChI=1S/C15H17N3O3/c1-18(2)15(20)11-5-3-4-6-12(11)17-14(19)13-8-7-10(9-16)21-13/h3-8H,9,16H2,1-2H3,(H,17,19). The number of carbonyl (C=O) groups excluding carboxylic acids is 2. The summed E-state index contributed by atoms with van der Waals surface area (Å²) < 4.78 is 5.28. The first-order chi connectivity index (χ1) is 10.0. The maximum Gasteiger partial charge on any atom is 0.291 e. The summed E-state index contributed by atoms with van der Waals surface area (Å²) in [5, 5.41) is 2.68. The number of anilines is 1. The van der Waals surface area contributed by atoms with E-state index in [9.17, 15) is 9.59 Å². The molecule has 0 spiro atoms. The molecule has 2 rings (SSSR count). The first-order valence-corrected chi connectivity index (χ1v) is 6.43. The van der Waals surface area contributed by atoms with Crippen molar-refractivity contribution in [2.75, 3.05) is 19.4 Å². The number of hydrogen-bond acceptors (Lipinski definition) is 4. The Hall–Kier alpha value is -2.60. The van der Waals surface area contributed by atoms with Gasteiger partial charge in [-0.1, -0.05) is 12.1 Å². The van der Waals surface area contributed by atoms with Gasteiger partial charge in [0.25, 0.3) is 11.8 Å². The van der Waals surface area contributed by atoms with Crippen LogP contribution in [0, 0.1) is 0 Å². The Morgan fingerprint density at radius 3 is 2.52 bits per heavy atom. The molecule has 2 aromatic rings. The van der Waals surface area contributed by atoms with Gasteiger partial charge in [-0.25, -0.2) is 0 Å². The number of rotatable bonds is 4. The van der Waals surface area contributed by atoms with Crippen LogP contribution in [0.2, 0.25) is 0 Å². The number of nitrogens with two attached hydrogens (primary N) is 1. The predicted molar refractivity (Wildman–Crippen MR) is 79.0 cm³/mol. The van der Waals surface area contributed by atoms with Gasteiger partial charge in [0.05, 0.1) is 17.8 Å². The molecule has 1 aromatic heterocycles. The fraction of sp³-hybridized carbons (Fsp3) is 0.200. The molecule has 0 fully saturated rings. The van der Waals surface area contributed by atoms with Crippen LogP contribution < -0.4 is 11.1 Å². The first-order valence-electron chi connectivity index (χ1n) is 6.43. The van der Waals surface area contributed by atoms with E-state index < -0.39 is 5.91 Å². The van der Waals surface area contributed by atoms with Crippen LogP contribution in [0.25, 0.3) is 0 Å². The number of benzene rings is 1. The molecule has 0 radical (unpaired) electrons. The Morgan fingerprint density at radius 1 is 1.19 bits per heavy atom. The van der Waals surface area contributed by atoms with Crippen LogP contribution in [0.5, 0.6) is 0 Å². The van der Waals surface area contributed by atoms with Crippen molar-refractivity contribution in [2.45, 2.75) is 6.54 Å². The Kier molecular flexibility index (Phi) is 4.39. The largest absolute Gasteiger partial charge is 0.455 e. The van der Waals surface area contributed by atoms with E-state index in [-0.39, 0.29) is 18.2 Å². The number of carbonyl (C=O) groups is 2. The molecular formula is C15H17N3O3. The number of hydrogen-bond donors (Lipinski definition) is 2.